The van der Waals surface area contributed by atoms with Crippen molar-refractivity contribution in [1.29, 1.82) is 0 Å². The van der Waals surface area contributed by atoms with E-state index >= 15 is 0 Å². The van der Waals surface area contributed by atoms with Crippen LogP contribution in [0.25, 0.3) is 0 Å². The summed E-state index contributed by atoms with van der Waals surface area (Å²) in [5.74, 6) is 1.84. The van der Waals surface area contributed by atoms with Crippen LogP contribution in [0.5, 0.6) is 11.5 Å². The fourth-order valence-electron chi connectivity index (χ4n) is 3.61. The highest BCUT2D eigenvalue weighted by molar-refractivity contribution is 5.51. The van der Waals surface area contributed by atoms with Crippen molar-refractivity contribution in [2.75, 3.05) is 19.8 Å². The summed E-state index contributed by atoms with van der Waals surface area (Å²) in [6, 6.07) is 4.36. The Balaban J connectivity index is 1.71. The second kappa shape index (κ2) is 4.14. The number of benzene rings is 1. The van der Waals surface area contributed by atoms with Gasteiger partial charge in [-0.25, -0.2) is 0 Å². The molecule has 3 aliphatic rings. The third kappa shape index (κ3) is 1.76. The van der Waals surface area contributed by atoms with Gasteiger partial charge in [0.15, 0.2) is 11.5 Å². The van der Waals surface area contributed by atoms with E-state index in [-0.39, 0.29) is 5.41 Å². The van der Waals surface area contributed by atoms with Gasteiger partial charge in [-0.2, -0.15) is 0 Å². The molecule has 2 fully saturated rings. The molecule has 1 spiro atoms. The minimum absolute atomic E-state index is 0.187. The first-order chi connectivity index (χ1) is 9.66. The average Bonchev–Trinajstić information content (AvgIpc) is 3.18. The third-order valence-corrected chi connectivity index (χ3v) is 5.59. The third-order valence-electron chi connectivity index (χ3n) is 5.59. The number of ether oxygens (including phenoxy) is 2. The summed E-state index contributed by atoms with van der Waals surface area (Å²) in [4.78, 5) is 0. The summed E-state index contributed by atoms with van der Waals surface area (Å²) < 4.78 is 12.1. The van der Waals surface area contributed by atoms with Gasteiger partial charge < -0.3 is 15.2 Å². The Morgan fingerprint density at radius 2 is 1.70 bits per heavy atom. The van der Waals surface area contributed by atoms with Crippen molar-refractivity contribution in [2.24, 2.45) is 11.1 Å². The summed E-state index contributed by atoms with van der Waals surface area (Å²) in [5, 5.41) is 0. The quantitative estimate of drug-likeness (QED) is 0.901. The molecule has 0 aromatic heterocycles. The molecule has 2 saturated carbocycles. The molecule has 2 N–H and O–H groups in total. The lowest BCUT2D eigenvalue weighted by molar-refractivity contribution is 0.196. The molecule has 1 aromatic carbocycles. The van der Waals surface area contributed by atoms with E-state index in [9.17, 15) is 0 Å². The molecule has 0 amide bonds. The minimum Gasteiger partial charge on any atom is -0.489 e. The van der Waals surface area contributed by atoms with Crippen LogP contribution in [-0.2, 0) is 5.41 Å². The number of nitrogens with two attached hydrogens (primary N) is 1. The zero-order valence-electron chi connectivity index (χ0n) is 12.2. The summed E-state index contributed by atoms with van der Waals surface area (Å²) in [6.45, 7) is 4.52. The van der Waals surface area contributed by atoms with Gasteiger partial charge in [-0.05, 0) is 55.9 Å². The van der Waals surface area contributed by atoms with E-state index in [1.165, 1.54) is 43.2 Å². The van der Waals surface area contributed by atoms with Crippen LogP contribution in [0.1, 0.15) is 43.2 Å². The Morgan fingerprint density at radius 1 is 1.05 bits per heavy atom. The summed E-state index contributed by atoms with van der Waals surface area (Å²) >= 11 is 0. The van der Waals surface area contributed by atoms with Gasteiger partial charge in [0.05, 0.1) is 13.2 Å². The number of fused-ring (bicyclic) bond motifs is 1. The molecule has 20 heavy (non-hydrogen) atoms. The zero-order chi connectivity index (χ0) is 13.8. The lowest BCUT2D eigenvalue weighted by Crippen LogP contribution is -2.42. The molecule has 4 rings (SSSR count). The van der Waals surface area contributed by atoms with Crippen LogP contribution in [0.3, 0.4) is 0 Å². The Labute approximate surface area is 120 Å². The number of rotatable bonds is 2. The molecule has 3 heteroatoms. The molecule has 1 heterocycles. The fraction of sp³-hybridized carbons (Fsp3) is 0.647. The first-order valence-electron chi connectivity index (χ1n) is 7.77. The molecule has 3 nitrogen and oxygen atoms in total. The van der Waals surface area contributed by atoms with Crippen LogP contribution in [0.4, 0.5) is 0 Å². The molecule has 2 aliphatic carbocycles. The Hall–Kier alpha value is -1.22. The maximum absolute atomic E-state index is 6.06. The van der Waals surface area contributed by atoms with Crippen LogP contribution in [-0.4, -0.2) is 19.8 Å². The second-order valence-corrected chi connectivity index (χ2v) is 7.03. The van der Waals surface area contributed by atoms with Gasteiger partial charge in [-0.1, -0.05) is 6.42 Å². The highest BCUT2D eigenvalue weighted by atomic mass is 16.5. The van der Waals surface area contributed by atoms with Gasteiger partial charge in [-0.3, -0.25) is 0 Å². The van der Waals surface area contributed by atoms with Gasteiger partial charge in [-0.15, -0.1) is 0 Å². The Kier molecular flexibility index (Phi) is 2.59. The maximum atomic E-state index is 6.06. The smallest absolute Gasteiger partial charge is 0.161 e. The van der Waals surface area contributed by atoms with Gasteiger partial charge in [0, 0.05) is 17.4 Å². The zero-order valence-corrected chi connectivity index (χ0v) is 12.2. The van der Waals surface area contributed by atoms with E-state index in [0.717, 1.165) is 31.3 Å². The number of aryl methyl sites for hydroxylation is 1. The van der Waals surface area contributed by atoms with E-state index in [1.807, 2.05) is 0 Å². The SMILES string of the molecule is Cc1cc2c(cc1C1(CN)CCC1)OCC1(CC1)CO2. The van der Waals surface area contributed by atoms with E-state index in [1.54, 1.807) is 0 Å². The Morgan fingerprint density at radius 3 is 2.20 bits per heavy atom. The average molecular weight is 273 g/mol. The van der Waals surface area contributed by atoms with Crippen LogP contribution >= 0.6 is 0 Å². The van der Waals surface area contributed by atoms with Gasteiger partial charge >= 0.3 is 0 Å². The van der Waals surface area contributed by atoms with Gasteiger partial charge in [0.25, 0.3) is 0 Å². The van der Waals surface area contributed by atoms with Crippen LogP contribution < -0.4 is 15.2 Å². The van der Waals surface area contributed by atoms with Crippen molar-refractivity contribution in [3.8, 4) is 11.5 Å². The summed E-state index contributed by atoms with van der Waals surface area (Å²) in [6.07, 6.45) is 6.16. The van der Waals surface area contributed by atoms with Crippen molar-refractivity contribution >= 4 is 0 Å². The highest BCUT2D eigenvalue weighted by Gasteiger charge is 2.46. The molecular weight excluding hydrogens is 250 g/mol. The lowest BCUT2D eigenvalue weighted by atomic mass is 9.63. The van der Waals surface area contributed by atoms with Crippen molar-refractivity contribution in [1.82, 2.24) is 0 Å². The van der Waals surface area contributed by atoms with Crippen LogP contribution in [0, 0.1) is 12.3 Å². The standard InChI is InChI=1S/C17H23NO2/c1-12-7-14-15(20-11-16(5-6-16)10-19-14)8-13(12)17(9-18)3-2-4-17/h7-8H,2-6,9-11,18H2,1H3. The van der Waals surface area contributed by atoms with Crippen LogP contribution in [0.2, 0.25) is 0 Å². The molecular formula is C17H23NO2. The van der Waals surface area contributed by atoms with Crippen molar-refractivity contribution in [3.63, 3.8) is 0 Å². The van der Waals surface area contributed by atoms with Gasteiger partial charge in [0.1, 0.15) is 0 Å². The lowest BCUT2D eigenvalue weighted by Gasteiger charge is -2.42. The van der Waals surface area contributed by atoms with Gasteiger partial charge in [0.2, 0.25) is 0 Å². The molecule has 1 aromatic rings. The number of hydrogen-bond donors (Lipinski definition) is 1. The van der Waals surface area contributed by atoms with E-state index < -0.39 is 0 Å². The van der Waals surface area contributed by atoms with Crippen molar-refractivity contribution in [3.05, 3.63) is 23.3 Å². The van der Waals surface area contributed by atoms with Crippen molar-refractivity contribution in [2.45, 2.75) is 44.4 Å². The molecule has 108 valence electrons. The van der Waals surface area contributed by atoms with E-state index in [4.69, 9.17) is 15.2 Å². The maximum Gasteiger partial charge on any atom is 0.161 e. The van der Waals surface area contributed by atoms with Crippen LogP contribution in [0.15, 0.2) is 12.1 Å². The summed E-state index contributed by atoms with van der Waals surface area (Å²) in [7, 11) is 0. The molecule has 0 radical (unpaired) electrons. The number of hydrogen-bond acceptors (Lipinski definition) is 3. The van der Waals surface area contributed by atoms with E-state index in [0.29, 0.717) is 5.41 Å². The van der Waals surface area contributed by atoms with Crippen molar-refractivity contribution < 1.29 is 9.47 Å². The second-order valence-electron chi connectivity index (χ2n) is 7.03. The largest absolute Gasteiger partial charge is 0.489 e. The Bertz CT molecular complexity index is 539. The first kappa shape index (κ1) is 12.5. The molecule has 0 unspecified atom stereocenters. The monoisotopic (exact) mass is 273 g/mol. The topological polar surface area (TPSA) is 44.5 Å². The normalized spacial score (nSPS) is 24.9. The minimum atomic E-state index is 0.187. The molecule has 1 aliphatic heterocycles. The first-order valence-corrected chi connectivity index (χ1v) is 7.77. The molecule has 0 atom stereocenters. The fourth-order valence-corrected chi connectivity index (χ4v) is 3.61. The molecule has 0 saturated heterocycles. The molecule has 0 bridgehead atoms. The predicted octanol–water partition coefficient (Wildman–Crippen LogP) is 2.93. The summed E-state index contributed by atoms with van der Waals surface area (Å²) in [5.41, 5.74) is 9.22. The predicted molar refractivity (Wildman–Crippen MR) is 78.4 cm³/mol. The van der Waals surface area contributed by atoms with E-state index in [2.05, 4.69) is 19.1 Å². The highest BCUT2D eigenvalue weighted by Crippen LogP contribution is 2.51.